The Bertz CT molecular complexity index is 509. The first-order valence-electron chi connectivity index (χ1n) is 5.15. The van der Waals surface area contributed by atoms with Crippen molar-refractivity contribution in [1.82, 2.24) is 4.98 Å². The second kappa shape index (κ2) is 4.33. The van der Waals surface area contributed by atoms with E-state index < -0.39 is 0 Å². The van der Waals surface area contributed by atoms with Crippen LogP contribution in [0.1, 0.15) is 11.1 Å². The average molecular weight is 214 g/mol. The summed E-state index contributed by atoms with van der Waals surface area (Å²) in [5, 5.41) is 9.74. The Labute approximate surface area is 94.6 Å². The molecule has 1 heterocycles. The number of pyridine rings is 1. The zero-order valence-corrected chi connectivity index (χ0v) is 9.14. The van der Waals surface area contributed by atoms with Gasteiger partial charge in [0.15, 0.2) is 0 Å². The van der Waals surface area contributed by atoms with Crippen molar-refractivity contribution in [2.24, 2.45) is 5.73 Å². The van der Waals surface area contributed by atoms with Crippen LogP contribution in [0.3, 0.4) is 0 Å². The molecule has 0 spiro atoms. The molecule has 3 N–H and O–H groups in total. The zero-order valence-electron chi connectivity index (χ0n) is 9.14. The number of nitrogens with two attached hydrogens (primary N) is 1. The Balaban J connectivity index is 2.50. The van der Waals surface area contributed by atoms with Gasteiger partial charge in [-0.25, -0.2) is 0 Å². The number of aromatic hydroxyl groups is 1. The van der Waals surface area contributed by atoms with Crippen LogP contribution in [0.2, 0.25) is 0 Å². The van der Waals surface area contributed by atoms with Crippen molar-refractivity contribution >= 4 is 0 Å². The number of rotatable bonds is 2. The van der Waals surface area contributed by atoms with Crippen molar-refractivity contribution in [3.05, 3.63) is 47.8 Å². The summed E-state index contributed by atoms with van der Waals surface area (Å²) in [7, 11) is 0. The van der Waals surface area contributed by atoms with E-state index in [1.165, 1.54) is 0 Å². The summed E-state index contributed by atoms with van der Waals surface area (Å²) in [5.41, 5.74) is 9.37. The average Bonchev–Trinajstić information content (AvgIpc) is 2.29. The summed E-state index contributed by atoms with van der Waals surface area (Å²) in [6.07, 6.45) is 3.55. The maximum atomic E-state index is 9.74. The normalized spacial score (nSPS) is 10.4. The molecule has 0 unspecified atom stereocenters. The second-order valence-corrected chi connectivity index (χ2v) is 3.74. The number of phenolic OH excluding ortho intramolecular Hbond substituents is 1. The number of phenols is 1. The third-order valence-corrected chi connectivity index (χ3v) is 2.66. The largest absolute Gasteiger partial charge is 0.508 e. The number of aryl methyl sites for hydroxylation is 1. The molecule has 0 radical (unpaired) electrons. The first-order valence-corrected chi connectivity index (χ1v) is 5.15. The topological polar surface area (TPSA) is 59.1 Å². The minimum absolute atomic E-state index is 0.239. The quantitative estimate of drug-likeness (QED) is 0.805. The first-order chi connectivity index (χ1) is 7.72. The highest BCUT2D eigenvalue weighted by Crippen LogP contribution is 2.27. The molecule has 0 fully saturated rings. The smallest absolute Gasteiger partial charge is 0.120 e. The van der Waals surface area contributed by atoms with Crippen LogP contribution in [-0.2, 0) is 6.54 Å². The lowest BCUT2D eigenvalue weighted by atomic mass is 10.0. The molecular formula is C13H14N2O. The van der Waals surface area contributed by atoms with Crippen LogP contribution in [0.25, 0.3) is 11.1 Å². The van der Waals surface area contributed by atoms with Crippen LogP contribution in [0.4, 0.5) is 0 Å². The van der Waals surface area contributed by atoms with Gasteiger partial charge in [0.1, 0.15) is 5.75 Å². The molecule has 3 heteroatoms. The Morgan fingerprint density at radius 3 is 2.75 bits per heavy atom. The van der Waals surface area contributed by atoms with Gasteiger partial charge in [-0.2, -0.15) is 0 Å². The monoisotopic (exact) mass is 214 g/mol. The van der Waals surface area contributed by atoms with Crippen LogP contribution in [0.15, 0.2) is 36.7 Å². The molecule has 16 heavy (non-hydrogen) atoms. The van der Waals surface area contributed by atoms with E-state index >= 15 is 0 Å². The molecule has 82 valence electrons. The van der Waals surface area contributed by atoms with Crippen LogP contribution >= 0.6 is 0 Å². The van der Waals surface area contributed by atoms with E-state index in [-0.39, 0.29) is 5.75 Å². The lowest BCUT2D eigenvalue weighted by molar-refractivity contribution is 0.468. The van der Waals surface area contributed by atoms with Gasteiger partial charge in [-0.15, -0.1) is 0 Å². The predicted molar refractivity (Wildman–Crippen MR) is 64.0 cm³/mol. The van der Waals surface area contributed by atoms with Gasteiger partial charge in [-0.05, 0) is 30.2 Å². The fourth-order valence-corrected chi connectivity index (χ4v) is 1.67. The first kappa shape index (κ1) is 10.6. The predicted octanol–water partition coefficient (Wildman–Crippen LogP) is 2.22. The maximum absolute atomic E-state index is 9.74. The SMILES string of the molecule is Cc1ccncc1-c1ccc(CN)c(O)c1. The van der Waals surface area contributed by atoms with Gasteiger partial charge < -0.3 is 10.8 Å². The van der Waals surface area contributed by atoms with Crippen molar-refractivity contribution in [1.29, 1.82) is 0 Å². The Morgan fingerprint density at radius 2 is 2.12 bits per heavy atom. The molecule has 2 rings (SSSR count). The Hall–Kier alpha value is -1.87. The highest BCUT2D eigenvalue weighted by atomic mass is 16.3. The Morgan fingerprint density at radius 1 is 1.31 bits per heavy atom. The van der Waals surface area contributed by atoms with E-state index in [2.05, 4.69) is 4.98 Å². The molecule has 0 aliphatic carbocycles. The molecule has 1 aromatic carbocycles. The van der Waals surface area contributed by atoms with Crippen molar-refractivity contribution in [2.75, 3.05) is 0 Å². The van der Waals surface area contributed by atoms with Gasteiger partial charge in [-0.1, -0.05) is 12.1 Å². The third kappa shape index (κ3) is 1.90. The summed E-state index contributed by atoms with van der Waals surface area (Å²) in [6, 6.07) is 7.47. The number of hydrogen-bond acceptors (Lipinski definition) is 3. The number of hydrogen-bond donors (Lipinski definition) is 2. The highest BCUT2D eigenvalue weighted by Gasteiger charge is 2.05. The Kier molecular flexibility index (Phi) is 2.88. The minimum Gasteiger partial charge on any atom is -0.508 e. The molecule has 0 bridgehead atoms. The minimum atomic E-state index is 0.239. The summed E-state index contributed by atoms with van der Waals surface area (Å²) >= 11 is 0. The van der Waals surface area contributed by atoms with Gasteiger partial charge >= 0.3 is 0 Å². The van der Waals surface area contributed by atoms with Crippen molar-refractivity contribution in [3.63, 3.8) is 0 Å². The van der Waals surface area contributed by atoms with Gasteiger partial charge in [0, 0.05) is 30.1 Å². The molecular weight excluding hydrogens is 200 g/mol. The van der Waals surface area contributed by atoms with E-state index in [1.807, 2.05) is 25.1 Å². The molecule has 0 saturated heterocycles. The fraction of sp³-hybridized carbons (Fsp3) is 0.154. The molecule has 0 amide bonds. The summed E-state index contributed by atoms with van der Waals surface area (Å²) in [5.74, 6) is 0.239. The van der Waals surface area contributed by atoms with Gasteiger partial charge in [0.2, 0.25) is 0 Å². The summed E-state index contributed by atoms with van der Waals surface area (Å²) in [4.78, 5) is 4.09. The second-order valence-electron chi connectivity index (χ2n) is 3.74. The van der Waals surface area contributed by atoms with E-state index in [1.54, 1.807) is 18.5 Å². The van der Waals surface area contributed by atoms with E-state index in [9.17, 15) is 5.11 Å². The molecule has 0 saturated carbocycles. The lowest BCUT2D eigenvalue weighted by Crippen LogP contribution is -1.96. The number of aromatic nitrogens is 1. The lowest BCUT2D eigenvalue weighted by Gasteiger charge is -2.07. The number of benzene rings is 1. The molecule has 0 atom stereocenters. The van der Waals surface area contributed by atoms with Gasteiger partial charge in [0.25, 0.3) is 0 Å². The van der Waals surface area contributed by atoms with E-state index in [4.69, 9.17) is 5.73 Å². The number of nitrogens with zero attached hydrogens (tertiary/aromatic N) is 1. The van der Waals surface area contributed by atoms with Gasteiger partial charge in [-0.3, -0.25) is 4.98 Å². The van der Waals surface area contributed by atoms with E-state index in [0.717, 1.165) is 22.3 Å². The van der Waals surface area contributed by atoms with Crippen LogP contribution in [0.5, 0.6) is 5.75 Å². The third-order valence-electron chi connectivity index (χ3n) is 2.66. The molecule has 3 nitrogen and oxygen atoms in total. The van der Waals surface area contributed by atoms with Gasteiger partial charge in [0.05, 0.1) is 0 Å². The molecule has 2 aromatic rings. The molecule has 0 aliphatic heterocycles. The zero-order chi connectivity index (χ0) is 11.5. The van der Waals surface area contributed by atoms with Crippen LogP contribution in [-0.4, -0.2) is 10.1 Å². The standard InChI is InChI=1S/C13H14N2O/c1-9-4-5-15-8-12(9)10-2-3-11(7-14)13(16)6-10/h2-6,8,16H,7,14H2,1H3. The van der Waals surface area contributed by atoms with Crippen LogP contribution in [0, 0.1) is 6.92 Å². The summed E-state index contributed by atoms with van der Waals surface area (Å²) in [6.45, 7) is 2.36. The summed E-state index contributed by atoms with van der Waals surface area (Å²) < 4.78 is 0. The fourth-order valence-electron chi connectivity index (χ4n) is 1.67. The molecule has 0 aliphatic rings. The maximum Gasteiger partial charge on any atom is 0.120 e. The van der Waals surface area contributed by atoms with Crippen molar-refractivity contribution in [3.8, 4) is 16.9 Å². The van der Waals surface area contributed by atoms with Crippen molar-refractivity contribution in [2.45, 2.75) is 13.5 Å². The highest BCUT2D eigenvalue weighted by molar-refractivity contribution is 5.68. The van der Waals surface area contributed by atoms with E-state index in [0.29, 0.717) is 6.54 Å². The van der Waals surface area contributed by atoms with Crippen molar-refractivity contribution < 1.29 is 5.11 Å². The molecule has 1 aromatic heterocycles. The van der Waals surface area contributed by atoms with Crippen LogP contribution < -0.4 is 5.73 Å².